The molecule has 1 aromatic carbocycles. The number of hydrogen-bond donors (Lipinski definition) is 2. The minimum absolute atomic E-state index is 0.0194. The van der Waals surface area contributed by atoms with E-state index in [0.717, 1.165) is 10.5 Å². The third-order valence-electron chi connectivity index (χ3n) is 3.62. The maximum absolute atomic E-state index is 12.3. The van der Waals surface area contributed by atoms with Crippen LogP contribution >= 0.6 is 0 Å². The number of quaternary nitrogens is 1. The fourth-order valence-electron chi connectivity index (χ4n) is 2.26. The molecule has 1 rings (SSSR count). The molecule has 0 bridgehead atoms. The summed E-state index contributed by atoms with van der Waals surface area (Å²) in [6, 6.07) is 10.1. The number of carbonyl (C=O) groups is 2. The van der Waals surface area contributed by atoms with Crippen LogP contribution in [0, 0.1) is 0 Å². The Morgan fingerprint density at radius 2 is 1.73 bits per heavy atom. The van der Waals surface area contributed by atoms with E-state index in [0.29, 0.717) is 13.1 Å². The van der Waals surface area contributed by atoms with Crippen molar-refractivity contribution in [2.75, 3.05) is 27.2 Å². The summed E-state index contributed by atoms with van der Waals surface area (Å²) in [6.45, 7) is 6.46. The van der Waals surface area contributed by atoms with Gasteiger partial charge in [0.15, 0.2) is 13.1 Å². The van der Waals surface area contributed by atoms with E-state index in [1.807, 2.05) is 65.2 Å². The minimum Gasteiger partial charge on any atom is -0.349 e. The molecule has 2 atom stereocenters. The van der Waals surface area contributed by atoms with E-state index in [1.165, 1.54) is 0 Å². The van der Waals surface area contributed by atoms with Crippen LogP contribution in [0.4, 0.5) is 0 Å². The van der Waals surface area contributed by atoms with Gasteiger partial charge in [-0.05, 0) is 26.3 Å². The van der Waals surface area contributed by atoms with Gasteiger partial charge in [0.1, 0.15) is 0 Å². The van der Waals surface area contributed by atoms with E-state index >= 15 is 0 Å². The molecule has 0 fully saturated rings. The Morgan fingerprint density at radius 1 is 1.14 bits per heavy atom. The van der Waals surface area contributed by atoms with Gasteiger partial charge in [-0.25, -0.2) is 0 Å². The number of rotatable bonds is 7. The molecule has 1 unspecified atom stereocenters. The number of benzene rings is 1. The van der Waals surface area contributed by atoms with Crippen LogP contribution in [0.1, 0.15) is 32.4 Å². The normalized spacial score (nSPS) is 13.5. The number of carbonyl (C=O) groups excluding carboxylic acids is 2. The predicted octanol–water partition coefficient (Wildman–Crippen LogP) is 0.245. The zero-order valence-corrected chi connectivity index (χ0v) is 14.2. The van der Waals surface area contributed by atoms with Gasteiger partial charge in [0.2, 0.25) is 0 Å². The molecule has 1 aromatic rings. The minimum atomic E-state index is -0.0286. The van der Waals surface area contributed by atoms with Gasteiger partial charge >= 0.3 is 0 Å². The summed E-state index contributed by atoms with van der Waals surface area (Å²) in [5, 5.41) is 2.84. The van der Waals surface area contributed by atoms with Crippen LogP contribution in [0.25, 0.3) is 0 Å². The van der Waals surface area contributed by atoms with Crippen molar-refractivity contribution >= 4 is 11.8 Å². The second-order valence-electron chi connectivity index (χ2n) is 6.12. The lowest BCUT2D eigenvalue weighted by Gasteiger charge is -2.26. The lowest BCUT2D eigenvalue weighted by Crippen LogP contribution is -3.11. The average molecular weight is 306 g/mol. The van der Waals surface area contributed by atoms with Gasteiger partial charge in [-0.3, -0.25) is 9.59 Å². The van der Waals surface area contributed by atoms with Crippen molar-refractivity contribution in [2.24, 2.45) is 0 Å². The van der Waals surface area contributed by atoms with Gasteiger partial charge in [-0.2, -0.15) is 0 Å². The summed E-state index contributed by atoms with van der Waals surface area (Å²) < 4.78 is 0. The molecule has 2 N–H and O–H groups in total. The Hall–Kier alpha value is -1.88. The Bertz CT molecular complexity index is 488. The molecule has 0 radical (unpaired) electrons. The Morgan fingerprint density at radius 3 is 2.27 bits per heavy atom. The molecular weight excluding hydrogens is 278 g/mol. The number of hydrogen-bond acceptors (Lipinski definition) is 2. The smallest absolute Gasteiger partial charge is 0.278 e. The molecule has 5 nitrogen and oxygen atoms in total. The van der Waals surface area contributed by atoms with E-state index in [2.05, 4.69) is 5.32 Å². The standard InChI is InChI=1S/C17H27N3O2/c1-13(2)18-16(21)11-19(4)12-17(22)20(5)14(3)15-9-7-6-8-10-15/h6-10,13-14H,11-12H2,1-5H3,(H,18,21)/p+1/t14-/m1/s1. The van der Waals surface area contributed by atoms with Crippen molar-refractivity contribution in [3.05, 3.63) is 35.9 Å². The molecule has 0 saturated carbocycles. The molecule has 5 heteroatoms. The third-order valence-corrected chi connectivity index (χ3v) is 3.62. The zero-order valence-electron chi connectivity index (χ0n) is 14.2. The summed E-state index contributed by atoms with van der Waals surface area (Å²) in [7, 11) is 3.67. The first-order valence-corrected chi connectivity index (χ1v) is 7.72. The quantitative estimate of drug-likeness (QED) is 0.758. The Kier molecular flexibility index (Phi) is 7.05. The maximum atomic E-state index is 12.3. The molecular formula is C17H28N3O2+. The number of nitrogens with one attached hydrogen (secondary N) is 2. The van der Waals surface area contributed by atoms with Crippen LogP contribution in [0.2, 0.25) is 0 Å². The molecule has 0 aliphatic rings. The number of likely N-dealkylation sites (N-methyl/N-ethyl adjacent to an activating group) is 2. The van der Waals surface area contributed by atoms with Crippen LogP contribution < -0.4 is 10.2 Å². The second-order valence-corrected chi connectivity index (χ2v) is 6.12. The maximum Gasteiger partial charge on any atom is 0.278 e. The van der Waals surface area contributed by atoms with E-state index in [1.54, 1.807) is 4.90 Å². The molecule has 0 aliphatic heterocycles. The van der Waals surface area contributed by atoms with Gasteiger partial charge in [0.05, 0.1) is 13.1 Å². The van der Waals surface area contributed by atoms with Crippen molar-refractivity contribution in [1.82, 2.24) is 10.2 Å². The molecule has 0 saturated heterocycles. The van der Waals surface area contributed by atoms with Crippen molar-refractivity contribution in [2.45, 2.75) is 32.9 Å². The first-order chi connectivity index (χ1) is 10.3. The fraction of sp³-hybridized carbons (Fsp3) is 0.529. The van der Waals surface area contributed by atoms with Gasteiger partial charge in [0.25, 0.3) is 11.8 Å². The fourth-order valence-corrected chi connectivity index (χ4v) is 2.26. The molecule has 0 heterocycles. The van der Waals surface area contributed by atoms with Crippen LogP contribution in [0.5, 0.6) is 0 Å². The van der Waals surface area contributed by atoms with Crippen molar-refractivity contribution < 1.29 is 14.5 Å². The van der Waals surface area contributed by atoms with Gasteiger partial charge in [0, 0.05) is 13.1 Å². The van der Waals surface area contributed by atoms with E-state index < -0.39 is 0 Å². The van der Waals surface area contributed by atoms with Crippen LogP contribution in [0.3, 0.4) is 0 Å². The van der Waals surface area contributed by atoms with Crippen LogP contribution in [-0.2, 0) is 9.59 Å². The highest BCUT2D eigenvalue weighted by Crippen LogP contribution is 2.17. The largest absolute Gasteiger partial charge is 0.349 e. The third kappa shape index (κ3) is 5.85. The molecule has 2 amide bonds. The highest BCUT2D eigenvalue weighted by Gasteiger charge is 2.21. The highest BCUT2D eigenvalue weighted by molar-refractivity contribution is 5.79. The molecule has 0 spiro atoms. The van der Waals surface area contributed by atoms with Crippen LogP contribution in [-0.4, -0.2) is 49.9 Å². The number of amides is 2. The monoisotopic (exact) mass is 306 g/mol. The molecule has 122 valence electrons. The summed E-state index contributed by atoms with van der Waals surface area (Å²) in [6.07, 6.45) is 0. The van der Waals surface area contributed by atoms with Crippen LogP contribution in [0.15, 0.2) is 30.3 Å². The van der Waals surface area contributed by atoms with E-state index in [-0.39, 0.29) is 23.9 Å². The summed E-state index contributed by atoms with van der Waals surface area (Å²) in [5.74, 6) is 0.00487. The Balaban J connectivity index is 2.51. The van der Waals surface area contributed by atoms with Crippen molar-refractivity contribution in [3.8, 4) is 0 Å². The molecule has 0 aromatic heterocycles. The number of nitrogens with zero attached hydrogens (tertiary/aromatic N) is 1. The summed E-state index contributed by atoms with van der Waals surface area (Å²) in [4.78, 5) is 26.7. The SMILES string of the molecule is CC(C)NC(=O)C[NH+](C)CC(=O)N(C)[C@H](C)c1ccccc1. The van der Waals surface area contributed by atoms with E-state index in [9.17, 15) is 9.59 Å². The Labute approximate surface area is 133 Å². The second kappa shape index (κ2) is 8.54. The molecule has 0 aliphatic carbocycles. The predicted molar refractivity (Wildman–Crippen MR) is 87.5 cm³/mol. The summed E-state index contributed by atoms with van der Waals surface area (Å²) in [5.41, 5.74) is 1.11. The molecule has 22 heavy (non-hydrogen) atoms. The average Bonchev–Trinajstić information content (AvgIpc) is 2.45. The van der Waals surface area contributed by atoms with Gasteiger partial charge < -0.3 is 15.1 Å². The first-order valence-electron chi connectivity index (χ1n) is 7.72. The van der Waals surface area contributed by atoms with Crippen molar-refractivity contribution in [1.29, 1.82) is 0 Å². The van der Waals surface area contributed by atoms with E-state index in [4.69, 9.17) is 0 Å². The lowest BCUT2D eigenvalue weighted by molar-refractivity contribution is -0.863. The highest BCUT2D eigenvalue weighted by atomic mass is 16.2. The first kappa shape index (κ1) is 18.2. The lowest BCUT2D eigenvalue weighted by atomic mass is 10.1. The van der Waals surface area contributed by atoms with Gasteiger partial charge in [-0.15, -0.1) is 0 Å². The zero-order chi connectivity index (χ0) is 16.7. The van der Waals surface area contributed by atoms with Gasteiger partial charge in [-0.1, -0.05) is 30.3 Å². The van der Waals surface area contributed by atoms with Crippen molar-refractivity contribution in [3.63, 3.8) is 0 Å². The summed E-state index contributed by atoms with van der Waals surface area (Å²) >= 11 is 0. The topological polar surface area (TPSA) is 53.9 Å².